The molecule has 1 amide bonds. The SMILES string of the molecule is CS(=O)(=O)c1ccccc1C(=O)NCc1ccccc1S(=O)(=O)N1CCOCC1. The first kappa shape index (κ1) is 21.4. The predicted octanol–water partition coefficient (Wildman–Crippen LogP) is 1.04. The Morgan fingerprint density at radius 2 is 1.55 bits per heavy atom. The minimum absolute atomic E-state index is 0.0171. The molecule has 29 heavy (non-hydrogen) atoms. The van der Waals surface area contributed by atoms with Crippen molar-refractivity contribution in [2.24, 2.45) is 0 Å². The smallest absolute Gasteiger partial charge is 0.252 e. The number of sulfonamides is 1. The molecule has 10 heteroatoms. The second-order valence-corrected chi connectivity index (χ2v) is 10.5. The van der Waals surface area contributed by atoms with Crippen molar-refractivity contribution in [2.45, 2.75) is 16.3 Å². The molecule has 0 aromatic heterocycles. The zero-order valence-corrected chi connectivity index (χ0v) is 17.5. The fourth-order valence-electron chi connectivity index (χ4n) is 3.08. The highest BCUT2D eigenvalue weighted by Crippen LogP contribution is 2.22. The van der Waals surface area contributed by atoms with E-state index in [2.05, 4.69) is 5.32 Å². The minimum atomic E-state index is -3.73. The summed E-state index contributed by atoms with van der Waals surface area (Å²) in [5.41, 5.74) is 0.438. The quantitative estimate of drug-likeness (QED) is 0.722. The molecule has 0 saturated carbocycles. The van der Waals surface area contributed by atoms with E-state index in [0.717, 1.165) is 6.26 Å². The average Bonchev–Trinajstić information content (AvgIpc) is 2.72. The number of carbonyl (C=O) groups excluding carboxylic acids is 1. The first-order valence-electron chi connectivity index (χ1n) is 8.94. The summed E-state index contributed by atoms with van der Waals surface area (Å²) >= 11 is 0. The molecule has 0 spiro atoms. The maximum Gasteiger partial charge on any atom is 0.252 e. The van der Waals surface area contributed by atoms with E-state index in [0.29, 0.717) is 18.8 Å². The number of hydrogen-bond acceptors (Lipinski definition) is 6. The van der Waals surface area contributed by atoms with E-state index in [-0.39, 0.29) is 35.0 Å². The van der Waals surface area contributed by atoms with Crippen LogP contribution in [0, 0.1) is 0 Å². The summed E-state index contributed by atoms with van der Waals surface area (Å²) in [5.74, 6) is -0.593. The van der Waals surface area contributed by atoms with E-state index in [1.54, 1.807) is 24.3 Å². The normalized spacial score (nSPS) is 15.8. The Balaban J connectivity index is 1.84. The Morgan fingerprint density at radius 1 is 0.966 bits per heavy atom. The van der Waals surface area contributed by atoms with Crippen molar-refractivity contribution in [3.05, 3.63) is 59.7 Å². The van der Waals surface area contributed by atoms with Crippen molar-refractivity contribution in [2.75, 3.05) is 32.6 Å². The molecule has 3 rings (SSSR count). The zero-order valence-electron chi connectivity index (χ0n) is 15.9. The van der Waals surface area contributed by atoms with Crippen LogP contribution in [0.5, 0.6) is 0 Å². The van der Waals surface area contributed by atoms with Crippen LogP contribution < -0.4 is 5.32 Å². The standard InChI is InChI=1S/C19H22N2O6S2/c1-28(23,24)18-9-5-3-7-16(18)19(22)20-14-15-6-2-4-8-17(15)29(25,26)21-10-12-27-13-11-21/h2-9H,10-14H2,1H3,(H,20,22). The highest BCUT2D eigenvalue weighted by atomic mass is 32.2. The molecule has 1 saturated heterocycles. The lowest BCUT2D eigenvalue weighted by Gasteiger charge is -2.27. The monoisotopic (exact) mass is 438 g/mol. The first-order chi connectivity index (χ1) is 13.7. The number of carbonyl (C=O) groups is 1. The summed E-state index contributed by atoms with van der Waals surface area (Å²) in [6.45, 7) is 1.15. The zero-order chi connectivity index (χ0) is 21.1. The van der Waals surface area contributed by atoms with Crippen LogP contribution in [0.1, 0.15) is 15.9 Å². The Labute approximate surface area is 170 Å². The van der Waals surface area contributed by atoms with Crippen LogP contribution in [0.15, 0.2) is 58.3 Å². The van der Waals surface area contributed by atoms with Gasteiger partial charge in [-0.25, -0.2) is 16.8 Å². The molecule has 0 bridgehead atoms. The number of benzene rings is 2. The largest absolute Gasteiger partial charge is 0.379 e. The molecule has 0 atom stereocenters. The number of rotatable bonds is 6. The summed E-state index contributed by atoms with van der Waals surface area (Å²) < 4.78 is 56.4. The average molecular weight is 439 g/mol. The van der Waals surface area contributed by atoms with Crippen molar-refractivity contribution < 1.29 is 26.4 Å². The number of sulfone groups is 1. The van der Waals surface area contributed by atoms with E-state index < -0.39 is 25.8 Å². The van der Waals surface area contributed by atoms with Gasteiger partial charge in [-0.15, -0.1) is 0 Å². The Kier molecular flexibility index (Phi) is 6.37. The van der Waals surface area contributed by atoms with Crippen LogP contribution in [-0.4, -0.2) is 59.6 Å². The third-order valence-electron chi connectivity index (χ3n) is 4.53. The number of nitrogens with zero attached hydrogens (tertiary/aromatic N) is 1. The Morgan fingerprint density at radius 3 is 2.21 bits per heavy atom. The highest BCUT2D eigenvalue weighted by Gasteiger charge is 2.28. The second-order valence-electron chi connectivity index (χ2n) is 6.58. The molecule has 2 aromatic carbocycles. The van der Waals surface area contributed by atoms with Gasteiger partial charge in [0.2, 0.25) is 10.0 Å². The Hall–Kier alpha value is -2.27. The first-order valence-corrected chi connectivity index (χ1v) is 12.3. The summed E-state index contributed by atoms with van der Waals surface area (Å²) in [5, 5.41) is 2.63. The number of morpholine rings is 1. The van der Waals surface area contributed by atoms with E-state index in [1.165, 1.54) is 28.6 Å². The van der Waals surface area contributed by atoms with Gasteiger partial charge in [0, 0.05) is 25.9 Å². The summed E-state index contributed by atoms with van der Waals surface area (Å²) in [7, 11) is -7.31. The van der Waals surface area contributed by atoms with E-state index in [9.17, 15) is 21.6 Å². The maximum atomic E-state index is 13.0. The lowest BCUT2D eigenvalue weighted by Crippen LogP contribution is -2.41. The molecule has 0 unspecified atom stereocenters. The van der Waals surface area contributed by atoms with Crippen molar-refractivity contribution in [1.29, 1.82) is 0 Å². The molecule has 1 fully saturated rings. The van der Waals surface area contributed by atoms with Crippen LogP contribution in [0.2, 0.25) is 0 Å². The number of hydrogen-bond donors (Lipinski definition) is 1. The summed E-state index contributed by atoms with van der Waals surface area (Å²) in [6.07, 6.45) is 1.03. The van der Waals surface area contributed by atoms with Crippen molar-refractivity contribution in [3.8, 4) is 0 Å². The predicted molar refractivity (Wildman–Crippen MR) is 107 cm³/mol. The number of ether oxygens (including phenoxy) is 1. The van der Waals surface area contributed by atoms with Gasteiger partial charge in [-0.3, -0.25) is 4.79 Å². The van der Waals surface area contributed by atoms with Crippen LogP contribution in [0.25, 0.3) is 0 Å². The van der Waals surface area contributed by atoms with Gasteiger partial charge in [0.1, 0.15) is 0 Å². The molecule has 1 N–H and O–H groups in total. The van der Waals surface area contributed by atoms with Crippen molar-refractivity contribution in [3.63, 3.8) is 0 Å². The molecule has 0 aliphatic carbocycles. The second kappa shape index (κ2) is 8.62. The van der Waals surface area contributed by atoms with E-state index in [4.69, 9.17) is 4.74 Å². The van der Waals surface area contributed by atoms with Crippen LogP contribution in [-0.2, 0) is 31.1 Å². The van der Waals surface area contributed by atoms with Gasteiger partial charge < -0.3 is 10.1 Å². The minimum Gasteiger partial charge on any atom is -0.379 e. The number of amides is 1. The van der Waals surface area contributed by atoms with Gasteiger partial charge in [-0.2, -0.15) is 4.31 Å². The molecule has 2 aromatic rings. The molecule has 8 nitrogen and oxygen atoms in total. The van der Waals surface area contributed by atoms with Crippen LogP contribution >= 0.6 is 0 Å². The van der Waals surface area contributed by atoms with Gasteiger partial charge in [-0.1, -0.05) is 30.3 Å². The van der Waals surface area contributed by atoms with Crippen molar-refractivity contribution >= 4 is 25.8 Å². The number of nitrogens with one attached hydrogen (secondary N) is 1. The molecule has 1 heterocycles. The van der Waals surface area contributed by atoms with E-state index in [1.807, 2.05) is 0 Å². The third kappa shape index (κ3) is 4.84. The topological polar surface area (TPSA) is 110 Å². The fraction of sp³-hybridized carbons (Fsp3) is 0.316. The summed E-state index contributed by atoms with van der Waals surface area (Å²) in [6, 6.07) is 12.3. The molecule has 156 valence electrons. The lowest BCUT2D eigenvalue weighted by molar-refractivity contribution is 0.0730. The van der Waals surface area contributed by atoms with Gasteiger partial charge in [-0.05, 0) is 23.8 Å². The Bertz CT molecular complexity index is 1110. The molecule has 0 radical (unpaired) electrons. The van der Waals surface area contributed by atoms with Gasteiger partial charge in [0.25, 0.3) is 5.91 Å². The van der Waals surface area contributed by atoms with Crippen LogP contribution in [0.3, 0.4) is 0 Å². The molecule has 1 aliphatic heterocycles. The summed E-state index contributed by atoms with van der Waals surface area (Å²) in [4.78, 5) is 12.6. The fourth-order valence-corrected chi connectivity index (χ4v) is 5.59. The lowest BCUT2D eigenvalue weighted by atomic mass is 10.2. The van der Waals surface area contributed by atoms with Gasteiger partial charge in [0.05, 0.1) is 28.6 Å². The van der Waals surface area contributed by atoms with Gasteiger partial charge >= 0.3 is 0 Å². The molecular weight excluding hydrogens is 416 g/mol. The van der Waals surface area contributed by atoms with E-state index >= 15 is 0 Å². The third-order valence-corrected chi connectivity index (χ3v) is 7.69. The van der Waals surface area contributed by atoms with Crippen LogP contribution in [0.4, 0.5) is 0 Å². The molecule has 1 aliphatic rings. The molecular formula is C19H22N2O6S2. The van der Waals surface area contributed by atoms with Crippen molar-refractivity contribution in [1.82, 2.24) is 9.62 Å². The van der Waals surface area contributed by atoms with Gasteiger partial charge in [0.15, 0.2) is 9.84 Å². The maximum absolute atomic E-state index is 13.0. The highest BCUT2D eigenvalue weighted by molar-refractivity contribution is 7.90.